The number of methoxy groups -OCH3 is 1. The third-order valence-corrected chi connectivity index (χ3v) is 6.35. The zero-order chi connectivity index (χ0) is 23.4. The summed E-state index contributed by atoms with van der Waals surface area (Å²) in [6.45, 7) is 1.73. The maximum atomic E-state index is 13.1. The van der Waals surface area contributed by atoms with Crippen molar-refractivity contribution in [2.75, 3.05) is 26.5 Å². The first-order chi connectivity index (χ1) is 15.8. The van der Waals surface area contributed by atoms with Gasteiger partial charge in [0.25, 0.3) is 5.91 Å². The van der Waals surface area contributed by atoms with Crippen LogP contribution in [0.4, 0.5) is 0 Å². The largest absolute Gasteiger partial charge is 0.497 e. The maximum Gasteiger partial charge on any atom is 0.274 e. The van der Waals surface area contributed by atoms with Gasteiger partial charge in [0, 0.05) is 25.2 Å². The minimum Gasteiger partial charge on any atom is -0.497 e. The molecule has 3 aromatic rings. The Morgan fingerprint density at radius 3 is 2.30 bits per heavy atom. The molecule has 2 heterocycles. The van der Waals surface area contributed by atoms with Crippen molar-refractivity contribution in [2.24, 2.45) is 0 Å². The van der Waals surface area contributed by atoms with E-state index in [0.29, 0.717) is 5.69 Å². The van der Waals surface area contributed by atoms with Crippen molar-refractivity contribution < 1.29 is 17.9 Å². The lowest BCUT2D eigenvalue weighted by molar-refractivity contribution is 0.0718. The Morgan fingerprint density at radius 1 is 1.03 bits per heavy atom. The van der Waals surface area contributed by atoms with Crippen molar-refractivity contribution in [3.8, 4) is 22.7 Å². The highest BCUT2D eigenvalue weighted by atomic mass is 32.2. The third kappa shape index (κ3) is 5.61. The minimum absolute atomic E-state index is 0.0582. The van der Waals surface area contributed by atoms with Gasteiger partial charge in [-0.25, -0.2) is 17.8 Å². The Morgan fingerprint density at radius 2 is 1.70 bits per heavy atom. The number of carbonyl (C=O) groups is 1. The number of likely N-dealkylation sites (tertiary alicyclic amines) is 1. The van der Waals surface area contributed by atoms with Gasteiger partial charge in [-0.3, -0.25) is 4.79 Å². The van der Waals surface area contributed by atoms with Gasteiger partial charge in [-0.2, -0.15) is 5.10 Å². The van der Waals surface area contributed by atoms with E-state index in [1.54, 1.807) is 11.8 Å². The van der Waals surface area contributed by atoms with Gasteiger partial charge in [0.15, 0.2) is 5.69 Å². The lowest BCUT2D eigenvalue weighted by Crippen LogP contribution is -2.35. The summed E-state index contributed by atoms with van der Waals surface area (Å²) in [4.78, 5) is 15.0. The van der Waals surface area contributed by atoms with Crippen LogP contribution < -0.4 is 9.46 Å². The average Bonchev–Trinajstić information content (AvgIpc) is 3.28. The number of nitrogens with one attached hydrogen (secondary N) is 1. The van der Waals surface area contributed by atoms with Crippen molar-refractivity contribution in [1.82, 2.24) is 19.4 Å². The molecule has 0 bridgehead atoms. The van der Waals surface area contributed by atoms with Crippen LogP contribution in [0.25, 0.3) is 16.9 Å². The highest BCUT2D eigenvalue weighted by Crippen LogP contribution is 2.27. The summed E-state index contributed by atoms with van der Waals surface area (Å²) in [6.07, 6.45) is 4.31. The fourth-order valence-electron chi connectivity index (χ4n) is 3.88. The quantitative estimate of drug-likeness (QED) is 0.575. The molecule has 0 atom stereocenters. The lowest BCUT2D eigenvalue weighted by atomic mass is 10.1. The molecule has 1 aromatic heterocycles. The molecule has 9 heteroatoms. The van der Waals surface area contributed by atoms with Gasteiger partial charge in [0.2, 0.25) is 10.0 Å². The second-order valence-electron chi connectivity index (χ2n) is 8.17. The topological polar surface area (TPSA) is 93.5 Å². The number of piperidine rings is 1. The number of ether oxygens (including phenoxy) is 1. The molecule has 0 aliphatic carbocycles. The molecule has 1 amide bonds. The van der Waals surface area contributed by atoms with Gasteiger partial charge in [0.1, 0.15) is 5.75 Å². The molecular formula is C24H28N4O4S. The first-order valence-corrected chi connectivity index (χ1v) is 12.8. The molecule has 0 radical (unpaired) electrons. The first-order valence-electron chi connectivity index (χ1n) is 10.9. The number of rotatable bonds is 7. The molecule has 1 N–H and O–H groups in total. The number of aromatic nitrogens is 2. The molecule has 2 aromatic carbocycles. The molecule has 0 unspecified atom stereocenters. The molecule has 4 rings (SSSR count). The zero-order valence-electron chi connectivity index (χ0n) is 18.8. The summed E-state index contributed by atoms with van der Waals surface area (Å²) in [5.74, 6) is 0.678. The van der Waals surface area contributed by atoms with E-state index in [-0.39, 0.29) is 12.5 Å². The number of amides is 1. The van der Waals surface area contributed by atoms with E-state index < -0.39 is 10.0 Å². The summed E-state index contributed by atoms with van der Waals surface area (Å²) in [6, 6.07) is 16.9. The van der Waals surface area contributed by atoms with E-state index in [2.05, 4.69) is 9.82 Å². The predicted octanol–water partition coefficient (Wildman–Crippen LogP) is 3.22. The van der Waals surface area contributed by atoms with Crippen LogP contribution in [0.2, 0.25) is 0 Å². The lowest BCUT2D eigenvalue weighted by Gasteiger charge is -2.25. The number of benzene rings is 2. The molecule has 33 heavy (non-hydrogen) atoms. The molecular weight excluding hydrogens is 440 g/mol. The van der Waals surface area contributed by atoms with Crippen LogP contribution in [0.5, 0.6) is 5.75 Å². The maximum absolute atomic E-state index is 13.1. The Bertz CT molecular complexity index is 1210. The van der Waals surface area contributed by atoms with E-state index in [4.69, 9.17) is 4.74 Å². The van der Waals surface area contributed by atoms with Crippen LogP contribution in [-0.2, 0) is 16.6 Å². The Labute approximate surface area is 194 Å². The van der Waals surface area contributed by atoms with E-state index in [1.165, 1.54) is 0 Å². The Hall–Kier alpha value is -3.17. The van der Waals surface area contributed by atoms with E-state index in [1.807, 2.05) is 59.5 Å². The van der Waals surface area contributed by atoms with Gasteiger partial charge in [-0.05, 0) is 55.2 Å². The smallest absolute Gasteiger partial charge is 0.274 e. The summed E-state index contributed by atoms with van der Waals surface area (Å²) < 4.78 is 32.3. The Balaban J connectivity index is 1.68. The van der Waals surface area contributed by atoms with Gasteiger partial charge < -0.3 is 9.64 Å². The second-order valence-corrected chi connectivity index (χ2v) is 10.0. The normalized spacial score (nSPS) is 14.3. The summed E-state index contributed by atoms with van der Waals surface area (Å²) in [7, 11) is -1.65. The number of sulfonamides is 1. The molecule has 1 fully saturated rings. The number of hydrogen-bond donors (Lipinski definition) is 1. The van der Waals surface area contributed by atoms with Crippen molar-refractivity contribution in [2.45, 2.75) is 25.8 Å². The summed E-state index contributed by atoms with van der Waals surface area (Å²) in [5, 5.41) is 4.67. The standard InChI is InChI=1S/C24H28N4O4S/c1-32-21-12-10-20(11-13-21)28-23(16-22(26-28)24(29)27-14-4-3-5-15-27)19-8-6-18(7-9-19)17-25-33(2,30)31/h6-13,16,25H,3-5,14-15,17H2,1-2H3. The van der Waals surface area contributed by atoms with Crippen LogP contribution in [-0.4, -0.2) is 55.5 Å². The van der Waals surface area contributed by atoms with Gasteiger partial charge in [-0.1, -0.05) is 24.3 Å². The Kier molecular flexibility index (Phi) is 6.80. The highest BCUT2D eigenvalue weighted by molar-refractivity contribution is 7.88. The molecule has 174 valence electrons. The van der Waals surface area contributed by atoms with Crippen LogP contribution in [0.15, 0.2) is 54.6 Å². The number of nitrogens with zero attached hydrogens (tertiary/aromatic N) is 3. The molecule has 1 aliphatic heterocycles. The van der Waals surface area contributed by atoms with Crippen molar-refractivity contribution in [3.63, 3.8) is 0 Å². The SMILES string of the molecule is COc1ccc(-n2nc(C(=O)N3CCCCC3)cc2-c2ccc(CNS(C)(=O)=O)cc2)cc1. The zero-order valence-corrected chi connectivity index (χ0v) is 19.6. The van der Waals surface area contributed by atoms with Crippen LogP contribution in [0.1, 0.15) is 35.3 Å². The van der Waals surface area contributed by atoms with E-state index >= 15 is 0 Å². The van der Waals surface area contributed by atoms with Gasteiger partial charge >= 0.3 is 0 Å². The monoisotopic (exact) mass is 468 g/mol. The highest BCUT2D eigenvalue weighted by Gasteiger charge is 2.23. The van der Waals surface area contributed by atoms with Crippen molar-refractivity contribution >= 4 is 15.9 Å². The van der Waals surface area contributed by atoms with Crippen molar-refractivity contribution in [3.05, 3.63) is 65.9 Å². The third-order valence-electron chi connectivity index (χ3n) is 5.68. The average molecular weight is 469 g/mol. The van der Waals surface area contributed by atoms with Crippen LogP contribution in [0.3, 0.4) is 0 Å². The molecule has 1 saturated heterocycles. The van der Waals surface area contributed by atoms with E-state index in [0.717, 1.165) is 66.9 Å². The number of carbonyl (C=O) groups excluding carboxylic acids is 1. The minimum atomic E-state index is -3.27. The molecule has 0 saturated carbocycles. The van der Waals surface area contributed by atoms with Gasteiger partial charge in [0.05, 0.1) is 24.7 Å². The number of hydrogen-bond acceptors (Lipinski definition) is 5. The molecule has 1 aliphatic rings. The van der Waals surface area contributed by atoms with Crippen molar-refractivity contribution in [1.29, 1.82) is 0 Å². The summed E-state index contributed by atoms with van der Waals surface area (Å²) in [5.41, 5.74) is 3.71. The second kappa shape index (κ2) is 9.76. The van der Waals surface area contributed by atoms with Crippen LogP contribution >= 0.6 is 0 Å². The fourth-order valence-corrected chi connectivity index (χ4v) is 4.31. The molecule has 8 nitrogen and oxygen atoms in total. The first kappa shape index (κ1) is 23.0. The van der Waals surface area contributed by atoms with E-state index in [9.17, 15) is 13.2 Å². The molecule has 0 spiro atoms. The predicted molar refractivity (Wildman–Crippen MR) is 127 cm³/mol. The summed E-state index contributed by atoms with van der Waals surface area (Å²) >= 11 is 0. The fraction of sp³-hybridized carbons (Fsp3) is 0.333. The van der Waals surface area contributed by atoms with Crippen LogP contribution in [0, 0.1) is 0 Å². The van der Waals surface area contributed by atoms with Gasteiger partial charge in [-0.15, -0.1) is 0 Å².